The van der Waals surface area contributed by atoms with Crippen LogP contribution in [-0.2, 0) is 20.4 Å². The van der Waals surface area contributed by atoms with E-state index in [1.54, 1.807) is 55.9 Å². The number of anilines is 2. The van der Waals surface area contributed by atoms with Gasteiger partial charge in [0.15, 0.2) is 11.3 Å². The van der Waals surface area contributed by atoms with Crippen LogP contribution in [0, 0.1) is 23.4 Å². The Bertz CT molecular complexity index is 3420. The number of nitro benzene ring substituents is 1. The molecule has 0 saturated carbocycles. The molecule has 0 aliphatic heterocycles. The van der Waals surface area contributed by atoms with Gasteiger partial charge in [0.25, 0.3) is 5.69 Å². The van der Waals surface area contributed by atoms with E-state index >= 15 is 0 Å². The smallest absolute Gasteiger partial charge is 0.857 e. The Morgan fingerprint density at radius 2 is 1.12 bits per heavy atom. The Morgan fingerprint density at radius 1 is 0.588 bits per heavy atom. The molecule has 18 nitrogen and oxygen atoms in total. The molecular formula is C47H38FKN15O3Pd-. The second-order valence-electron chi connectivity index (χ2n) is 13.7. The van der Waals surface area contributed by atoms with E-state index in [1.807, 2.05) is 69.8 Å². The first kappa shape index (κ1) is 51.9. The van der Waals surface area contributed by atoms with Crippen LogP contribution in [0.1, 0.15) is 0 Å². The molecule has 0 spiro atoms. The predicted molar refractivity (Wildman–Crippen MR) is 252 cm³/mol. The van der Waals surface area contributed by atoms with Crippen LogP contribution in [-0.4, -0.2) is 71.2 Å². The van der Waals surface area contributed by atoms with E-state index in [2.05, 4.69) is 62.2 Å². The second-order valence-corrected chi connectivity index (χ2v) is 13.7. The molecule has 0 amide bonds. The summed E-state index contributed by atoms with van der Waals surface area (Å²) in [7, 11) is 0.750. The Balaban J connectivity index is 0.000000170. The van der Waals surface area contributed by atoms with Gasteiger partial charge in [-0.3, -0.25) is 19.2 Å². The zero-order chi connectivity index (χ0) is 45.3. The van der Waals surface area contributed by atoms with Gasteiger partial charge in [0, 0.05) is 64.8 Å². The van der Waals surface area contributed by atoms with Gasteiger partial charge in [-0.05, 0) is 36.4 Å². The molecule has 6 aromatic carbocycles. The van der Waals surface area contributed by atoms with Gasteiger partial charge in [-0.2, -0.15) is 17.3 Å². The van der Waals surface area contributed by atoms with E-state index in [4.69, 9.17) is 16.6 Å². The van der Waals surface area contributed by atoms with Crippen molar-refractivity contribution in [3.05, 3.63) is 189 Å². The SMILES string of the molecule is C[O-].Nc1ccc(-n2cnc3cnncc32)c2ccccc12.Nc1ccc(-n2cnc3ncncc32)c2ccccc12.O=[N+]([O-])c1ccc(F)c2ccccc12.[CH3-].[K+].[Pd].c1ncc2[nH]cnc2n1. The largest absolute Gasteiger partial charge is 1.00 e. The van der Waals surface area contributed by atoms with Crippen LogP contribution in [0.5, 0.6) is 0 Å². The zero-order valence-corrected chi connectivity index (χ0v) is 41.2. The van der Waals surface area contributed by atoms with Gasteiger partial charge in [-0.25, -0.2) is 39.3 Å². The fourth-order valence-corrected chi connectivity index (χ4v) is 7.05. The first-order valence-electron chi connectivity index (χ1n) is 19.5. The van der Waals surface area contributed by atoms with Crippen LogP contribution in [0.2, 0.25) is 0 Å². The van der Waals surface area contributed by atoms with Crippen molar-refractivity contribution in [1.82, 2.24) is 59.2 Å². The van der Waals surface area contributed by atoms with Crippen molar-refractivity contribution in [2.24, 2.45) is 0 Å². The van der Waals surface area contributed by atoms with Crippen molar-refractivity contribution in [1.29, 1.82) is 0 Å². The molecule has 0 aliphatic carbocycles. The van der Waals surface area contributed by atoms with Gasteiger partial charge >= 0.3 is 51.4 Å². The quantitative estimate of drug-likeness (QED) is 0.0709. The molecular weight excluding hydrogens is 987 g/mol. The monoisotopic (exact) mass is 1020 g/mol. The number of rotatable bonds is 3. The summed E-state index contributed by atoms with van der Waals surface area (Å²) in [6.07, 6.45) is 14.9. The molecule has 0 atom stereocenters. The van der Waals surface area contributed by atoms with Crippen LogP contribution < -0.4 is 68.0 Å². The summed E-state index contributed by atoms with van der Waals surface area (Å²) in [5.41, 5.74) is 20.5. The fourth-order valence-electron chi connectivity index (χ4n) is 7.05. The van der Waals surface area contributed by atoms with E-state index in [-0.39, 0.29) is 90.3 Å². The van der Waals surface area contributed by atoms with Gasteiger partial charge in [0.1, 0.15) is 47.7 Å². The van der Waals surface area contributed by atoms with Crippen LogP contribution >= 0.6 is 0 Å². The van der Waals surface area contributed by atoms with Gasteiger partial charge < -0.3 is 29.0 Å². The number of nitro groups is 1. The number of hydrogen-bond acceptors (Lipinski definition) is 14. The minimum Gasteiger partial charge on any atom is -0.857 e. The third-order valence-electron chi connectivity index (χ3n) is 10.0. The van der Waals surface area contributed by atoms with Gasteiger partial charge in [0.2, 0.25) is 0 Å². The number of aromatic amines is 1. The number of imidazole rings is 3. The number of nitrogens with two attached hydrogens (primary N) is 2. The molecule has 6 aromatic heterocycles. The van der Waals surface area contributed by atoms with E-state index in [9.17, 15) is 14.5 Å². The molecule has 12 rings (SSSR count). The molecule has 338 valence electrons. The number of nitrogens with one attached hydrogen (secondary N) is 1. The summed E-state index contributed by atoms with van der Waals surface area (Å²) < 4.78 is 17.2. The molecule has 0 aliphatic rings. The summed E-state index contributed by atoms with van der Waals surface area (Å²) in [6, 6.07) is 32.6. The first-order valence-corrected chi connectivity index (χ1v) is 19.5. The van der Waals surface area contributed by atoms with E-state index in [0.29, 0.717) is 16.7 Å². The maximum atomic E-state index is 13.2. The number of benzene rings is 6. The molecule has 0 unspecified atom stereocenters. The standard InChI is InChI=1S/2C15H11N5.C10H6FNO2.C5H4N4.CH3O.CH3.K.Pd/c16-12-5-6-14(11-4-2-1-3-10(11)12)20-9-17-13-7-18-19-8-15(13)20;16-12-5-6-13(11-4-2-1-3-10(11)12)20-9-19-15-14(20)7-17-8-18-15;11-9-5-6-10(12(13)14)8-4-2-1-3-7(8)9;1-4-5(8-2-6-1)9-3-7-4;1-2;;;/h2*1-9H,16H2;1-6H;1-3H,(H,6,7,8,9);1H3;1H3;;/q;;;;2*-1;+1;. The minimum atomic E-state index is -0.512. The van der Waals surface area contributed by atoms with E-state index in [0.717, 1.165) is 79.5 Å². The van der Waals surface area contributed by atoms with Crippen molar-refractivity contribution in [3.8, 4) is 11.4 Å². The molecule has 5 N–H and O–H groups in total. The summed E-state index contributed by atoms with van der Waals surface area (Å²) in [5.74, 6) is -0.439. The number of nitrogens with zero attached hydrogens (tertiary/aromatic N) is 12. The van der Waals surface area contributed by atoms with Crippen molar-refractivity contribution in [2.75, 3.05) is 18.6 Å². The fraction of sp³-hybridized carbons (Fsp3) is 0.0213. The van der Waals surface area contributed by atoms with Crippen molar-refractivity contribution >= 4 is 82.7 Å². The van der Waals surface area contributed by atoms with Crippen LogP contribution in [0.15, 0.2) is 166 Å². The van der Waals surface area contributed by atoms with Crippen LogP contribution in [0.3, 0.4) is 0 Å². The number of H-pyrrole nitrogens is 1. The second kappa shape index (κ2) is 24.1. The molecule has 68 heavy (non-hydrogen) atoms. The Kier molecular flexibility index (Phi) is 18.4. The third-order valence-corrected chi connectivity index (χ3v) is 10.0. The number of nitrogen functional groups attached to an aromatic ring is 2. The van der Waals surface area contributed by atoms with E-state index in [1.165, 1.54) is 30.9 Å². The predicted octanol–water partition coefficient (Wildman–Crippen LogP) is 4.77. The summed E-state index contributed by atoms with van der Waals surface area (Å²) in [5, 5.41) is 31.5. The normalized spacial score (nSPS) is 10.2. The molecule has 12 aromatic rings. The van der Waals surface area contributed by atoms with Crippen LogP contribution in [0.25, 0.3) is 77.1 Å². The summed E-state index contributed by atoms with van der Waals surface area (Å²) >= 11 is 0. The molecule has 0 fully saturated rings. The number of aromatic nitrogens is 12. The maximum Gasteiger partial charge on any atom is 1.00 e. The van der Waals surface area contributed by atoms with Crippen molar-refractivity contribution in [2.45, 2.75) is 0 Å². The van der Waals surface area contributed by atoms with Crippen LogP contribution in [0.4, 0.5) is 21.5 Å². The van der Waals surface area contributed by atoms with Gasteiger partial charge in [-0.1, -0.05) is 66.7 Å². The minimum absolute atomic E-state index is 0. The maximum absolute atomic E-state index is 13.2. The molecule has 0 radical (unpaired) electrons. The molecule has 0 saturated heterocycles. The number of fused-ring (bicyclic) bond motifs is 6. The van der Waals surface area contributed by atoms with E-state index < -0.39 is 10.7 Å². The average molecular weight is 1030 g/mol. The zero-order valence-electron chi connectivity index (χ0n) is 36.5. The molecule has 0 bridgehead atoms. The Labute approximate surface area is 443 Å². The van der Waals surface area contributed by atoms with Crippen molar-refractivity contribution < 1.29 is 86.2 Å². The van der Waals surface area contributed by atoms with Crippen molar-refractivity contribution in [3.63, 3.8) is 0 Å². The van der Waals surface area contributed by atoms with Gasteiger partial charge in [0.05, 0.1) is 58.3 Å². The Morgan fingerprint density at radius 3 is 1.74 bits per heavy atom. The summed E-state index contributed by atoms with van der Waals surface area (Å²) in [6.45, 7) is 0. The molecule has 21 heteroatoms. The molecule has 6 heterocycles. The number of non-ortho nitro benzene ring substituents is 1. The number of halogens is 1. The third kappa shape index (κ3) is 11.0. The summed E-state index contributed by atoms with van der Waals surface area (Å²) in [4.78, 5) is 41.5. The first-order chi connectivity index (χ1) is 31.9. The Hall–Kier alpha value is -7.06. The van der Waals surface area contributed by atoms with Gasteiger partial charge in [-0.15, -0.1) is 0 Å². The topological polar surface area (TPSA) is 260 Å². The number of hydrogen-bond donors (Lipinski definition) is 3. The average Bonchev–Trinajstić information content (AvgIpc) is 4.13.